The van der Waals surface area contributed by atoms with Crippen LogP contribution in [0, 0.1) is 5.82 Å². The van der Waals surface area contributed by atoms with Gasteiger partial charge < -0.3 is 31.3 Å². The van der Waals surface area contributed by atoms with Gasteiger partial charge in [-0.3, -0.25) is 9.79 Å². The molecule has 11 heteroatoms. The van der Waals surface area contributed by atoms with Crippen LogP contribution in [0.25, 0.3) is 11.1 Å². The van der Waals surface area contributed by atoms with Crippen molar-refractivity contribution in [1.82, 2.24) is 9.97 Å². The number of morpholine rings is 1. The Bertz CT molecular complexity index is 1350. The van der Waals surface area contributed by atoms with Crippen LogP contribution in [0.15, 0.2) is 78.2 Å². The molecule has 4 rings (SSSR count). The third kappa shape index (κ3) is 6.51. The number of aromatic nitrogens is 2. The third-order valence-corrected chi connectivity index (χ3v) is 5.72. The molecule has 1 aliphatic heterocycles. The summed E-state index contributed by atoms with van der Waals surface area (Å²) in [7, 11) is 1.61. The summed E-state index contributed by atoms with van der Waals surface area (Å²) in [6, 6.07) is 12.2. The molecule has 0 bridgehead atoms. The highest BCUT2D eigenvalue weighted by Gasteiger charge is 2.15. The van der Waals surface area contributed by atoms with E-state index in [-0.39, 0.29) is 11.6 Å². The number of carbonyl (C=O) groups is 1. The number of ether oxygens (including phenoxy) is 1. The number of nitrogens with two attached hydrogens (primary N) is 1. The molecule has 1 aromatic heterocycles. The number of hydrogen-bond donors (Lipinski definition) is 4. The molecule has 5 N–H and O–H groups in total. The Morgan fingerprint density at radius 2 is 1.95 bits per heavy atom. The molecule has 1 aliphatic rings. The number of hydrogen-bond acceptors (Lipinski definition) is 9. The molecule has 0 radical (unpaired) electrons. The fraction of sp³-hybridized carbons (Fsp3) is 0.185. The average molecular weight is 517 g/mol. The van der Waals surface area contributed by atoms with Crippen LogP contribution < -0.4 is 26.6 Å². The van der Waals surface area contributed by atoms with Crippen molar-refractivity contribution >= 4 is 41.0 Å². The van der Waals surface area contributed by atoms with Gasteiger partial charge in [-0.1, -0.05) is 18.7 Å². The van der Waals surface area contributed by atoms with Gasteiger partial charge in [-0.05, 0) is 42.0 Å². The molecule has 0 unspecified atom stereocenters. The number of aliphatic imine (C=N–C) groups is 1. The summed E-state index contributed by atoms with van der Waals surface area (Å²) in [5.41, 5.74) is 9.22. The van der Waals surface area contributed by atoms with Gasteiger partial charge >= 0.3 is 0 Å². The largest absolute Gasteiger partial charge is 0.403 e. The van der Waals surface area contributed by atoms with Crippen molar-refractivity contribution in [2.75, 3.05) is 54.2 Å². The first kappa shape index (κ1) is 26.3. The summed E-state index contributed by atoms with van der Waals surface area (Å²) >= 11 is 0. The quantitative estimate of drug-likeness (QED) is 0.249. The molecule has 3 aromatic rings. The highest BCUT2D eigenvalue weighted by Crippen LogP contribution is 2.32. The minimum atomic E-state index is -0.524. The highest BCUT2D eigenvalue weighted by molar-refractivity contribution is 5.99. The zero-order valence-corrected chi connectivity index (χ0v) is 20.9. The Kier molecular flexibility index (Phi) is 8.62. The number of nitrogens with zero attached hydrogens (tertiary/aromatic N) is 4. The summed E-state index contributed by atoms with van der Waals surface area (Å²) in [4.78, 5) is 26.9. The van der Waals surface area contributed by atoms with Gasteiger partial charge in [0, 0.05) is 55.7 Å². The smallest absolute Gasteiger partial charge is 0.247 e. The number of nitrogens with one attached hydrogen (secondary N) is 3. The summed E-state index contributed by atoms with van der Waals surface area (Å²) < 4.78 is 20.3. The summed E-state index contributed by atoms with van der Waals surface area (Å²) in [6.45, 7) is 6.48. The van der Waals surface area contributed by atoms with Crippen LogP contribution >= 0.6 is 0 Å². The lowest BCUT2D eigenvalue weighted by Gasteiger charge is -2.29. The van der Waals surface area contributed by atoms with E-state index in [1.165, 1.54) is 30.6 Å². The first-order valence-electron chi connectivity index (χ1n) is 11.9. The number of halogens is 1. The van der Waals surface area contributed by atoms with Gasteiger partial charge in [0.05, 0.1) is 24.6 Å². The van der Waals surface area contributed by atoms with Gasteiger partial charge in [-0.2, -0.15) is 4.98 Å². The van der Waals surface area contributed by atoms with E-state index in [1.54, 1.807) is 13.2 Å². The molecule has 38 heavy (non-hydrogen) atoms. The Labute approximate surface area is 220 Å². The molecule has 196 valence electrons. The van der Waals surface area contributed by atoms with E-state index in [1.807, 2.05) is 24.3 Å². The Hall–Kier alpha value is -4.77. The van der Waals surface area contributed by atoms with E-state index in [9.17, 15) is 9.18 Å². The van der Waals surface area contributed by atoms with Crippen molar-refractivity contribution in [3.63, 3.8) is 0 Å². The number of carbonyl (C=O) groups excluding carboxylic acids is 1. The summed E-state index contributed by atoms with van der Waals surface area (Å²) in [6.07, 6.45) is 5.65. The first-order chi connectivity index (χ1) is 18.5. The van der Waals surface area contributed by atoms with Crippen molar-refractivity contribution < 1.29 is 13.9 Å². The maximum Gasteiger partial charge on any atom is 0.247 e. The average Bonchev–Trinajstić information content (AvgIpc) is 2.95. The topological polar surface area (TPSA) is 130 Å². The van der Waals surface area contributed by atoms with Crippen LogP contribution in [0.3, 0.4) is 0 Å². The van der Waals surface area contributed by atoms with E-state index in [0.29, 0.717) is 36.0 Å². The number of benzene rings is 2. The monoisotopic (exact) mass is 516 g/mol. The fourth-order valence-corrected chi connectivity index (χ4v) is 3.83. The molecule has 2 heterocycles. The molecule has 1 amide bonds. The van der Waals surface area contributed by atoms with Crippen LogP contribution in [0.4, 0.5) is 33.2 Å². The molecule has 2 aromatic carbocycles. The van der Waals surface area contributed by atoms with E-state index < -0.39 is 11.7 Å². The van der Waals surface area contributed by atoms with Crippen molar-refractivity contribution in [2.24, 2.45) is 10.7 Å². The lowest BCUT2D eigenvalue weighted by atomic mass is 10.1. The van der Waals surface area contributed by atoms with Gasteiger partial charge in [-0.15, -0.1) is 0 Å². The van der Waals surface area contributed by atoms with E-state index >= 15 is 0 Å². The van der Waals surface area contributed by atoms with E-state index in [2.05, 4.69) is 42.4 Å². The normalized spacial score (nSPS) is 13.8. The molecular weight excluding hydrogens is 487 g/mol. The Morgan fingerprint density at radius 3 is 2.63 bits per heavy atom. The number of amides is 1. The Morgan fingerprint density at radius 1 is 1.18 bits per heavy atom. The van der Waals surface area contributed by atoms with Gasteiger partial charge in [0.15, 0.2) is 0 Å². The lowest BCUT2D eigenvalue weighted by molar-refractivity contribution is -0.111. The van der Waals surface area contributed by atoms with Crippen LogP contribution in [0.1, 0.15) is 0 Å². The zero-order chi connectivity index (χ0) is 26.9. The minimum Gasteiger partial charge on any atom is -0.403 e. The van der Waals surface area contributed by atoms with Gasteiger partial charge in [-0.25, -0.2) is 9.37 Å². The second-order valence-corrected chi connectivity index (χ2v) is 8.25. The standard InChI is InChI=1S/C27H29FN8O2/c1-3-25(37)32-19-6-9-23(28)24(14-19)34-26-22(17-31-27(35-26)33-20(15-29)16-30-2)18-4-7-21(8-5-18)36-10-12-38-13-11-36/h3-9,14-17H,1,10-13,29H2,2H3,(H,32,37)(H2,31,33,34,35)/b20-15+,30-16?. The molecule has 0 saturated carbocycles. The van der Waals surface area contributed by atoms with Crippen LogP contribution in [-0.2, 0) is 9.53 Å². The van der Waals surface area contributed by atoms with Crippen LogP contribution in [-0.4, -0.2) is 55.4 Å². The predicted molar refractivity (Wildman–Crippen MR) is 149 cm³/mol. The van der Waals surface area contributed by atoms with Crippen molar-refractivity contribution in [1.29, 1.82) is 0 Å². The molecule has 10 nitrogen and oxygen atoms in total. The molecule has 0 atom stereocenters. The van der Waals surface area contributed by atoms with Crippen molar-refractivity contribution in [2.45, 2.75) is 0 Å². The SMILES string of the molecule is C=CC(=O)Nc1ccc(F)c(Nc2nc(N/C(C=NC)=C/N)ncc2-c2ccc(N3CCOCC3)cc2)c1. The summed E-state index contributed by atoms with van der Waals surface area (Å²) in [5, 5.41) is 8.68. The highest BCUT2D eigenvalue weighted by atomic mass is 19.1. The van der Waals surface area contributed by atoms with Crippen LogP contribution in [0.2, 0.25) is 0 Å². The first-order valence-corrected chi connectivity index (χ1v) is 11.9. The Balaban J connectivity index is 1.70. The second-order valence-electron chi connectivity index (χ2n) is 8.25. The van der Waals surface area contributed by atoms with Gasteiger partial charge in [0.1, 0.15) is 11.6 Å². The van der Waals surface area contributed by atoms with Gasteiger partial charge in [0.2, 0.25) is 11.9 Å². The maximum absolute atomic E-state index is 14.8. The third-order valence-electron chi connectivity index (χ3n) is 5.72. The minimum absolute atomic E-state index is 0.118. The van der Waals surface area contributed by atoms with Crippen molar-refractivity contribution in [3.8, 4) is 11.1 Å². The van der Waals surface area contributed by atoms with Crippen LogP contribution in [0.5, 0.6) is 0 Å². The van der Waals surface area contributed by atoms with Gasteiger partial charge in [0.25, 0.3) is 0 Å². The van der Waals surface area contributed by atoms with E-state index in [4.69, 9.17) is 10.5 Å². The zero-order valence-electron chi connectivity index (χ0n) is 20.9. The molecule has 0 spiro atoms. The number of allylic oxidation sites excluding steroid dienone is 1. The predicted octanol–water partition coefficient (Wildman–Crippen LogP) is 3.90. The second kappa shape index (κ2) is 12.5. The number of rotatable bonds is 9. The van der Waals surface area contributed by atoms with E-state index in [0.717, 1.165) is 30.4 Å². The number of anilines is 5. The molecule has 1 saturated heterocycles. The fourth-order valence-electron chi connectivity index (χ4n) is 3.83. The molecular formula is C27H29FN8O2. The lowest BCUT2D eigenvalue weighted by Crippen LogP contribution is -2.36. The molecule has 1 fully saturated rings. The molecule has 0 aliphatic carbocycles. The van der Waals surface area contributed by atoms with Crippen molar-refractivity contribution in [3.05, 3.63) is 79.0 Å². The maximum atomic E-state index is 14.8. The summed E-state index contributed by atoms with van der Waals surface area (Å²) in [5.74, 6) is -0.355.